The Kier molecular flexibility index (Phi) is 17.8. The number of unbranched alkanes of at least 4 members (excludes halogenated alkanes) is 16. The van der Waals surface area contributed by atoms with Gasteiger partial charge in [-0.15, -0.1) is 0 Å². The van der Waals surface area contributed by atoms with Gasteiger partial charge in [0.15, 0.2) is 0 Å². The van der Waals surface area contributed by atoms with Gasteiger partial charge in [-0.25, -0.2) is 4.79 Å². The van der Waals surface area contributed by atoms with E-state index >= 15 is 0 Å². The van der Waals surface area contributed by atoms with Crippen molar-refractivity contribution in [2.24, 2.45) is 0 Å². The molecule has 2 amide bonds. The highest BCUT2D eigenvalue weighted by atomic mass is 16.4. The van der Waals surface area contributed by atoms with Crippen LogP contribution in [0.15, 0.2) is 30.5 Å². The number of benzene rings is 1. The number of carbonyl (C=O) groups is 3. The van der Waals surface area contributed by atoms with Crippen LogP contribution in [0.2, 0.25) is 0 Å². The van der Waals surface area contributed by atoms with Gasteiger partial charge in [-0.1, -0.05) is 135 Å². The number of aliphatic carboxylic acids is 1. The minimum atomic E-state index is -1.20. The molecule has 2 aromatic rings. The van der Waals surface area contributed by atoms with Crippen molar-refractivity contribution in [1.82, 2.24) is 9.88 Å². The van der Waals surface area contributed by atoms with E-state index in [1.165, 1.54) is 64.2 Å². The SMILES string of the molecule is CCCCCCCCCCCC(=O)N(C(=O)CCCCCCCCCCC)[C@@H](Cc1c[nH]c2ccccc12)C(=O)O. The number of nitrogens with one attached hydrogen (secondary N) is 1. The summed E-state index contributed by atoms with van der Waals surface area (Å²) in [5, 5.41) is 11.1. The van der Waals surface area contributed by atoms with E-state index < -0.39 is 12.0 Å². The highest BCUT2D eigenvalue weighted by molar-refractivity contribution is 5.99. The fraction of sp³-hybridized carbons (Fsp3) is 0.686. The molecule has 0 spiro atoms. The lowest BCUT2D eigenvalue weighted by Crippen LogP contribution is -2.49. The minimum Gasteiger partial charge on any atom is -0.480 e. The Balaban J connectivity index is 1.96. The van der Waals surface area contributed by atoms with Gasteiger partial charge in [0.2, 0.25) is 11.8 Å². The van der Waals surface area contributed by atoms with Crippen LogP contribution >= 0.6 is 0 Å². The molecule has 0 unspecified atom stereocenters. The Bertz CT molecular complexity index is 981. The molecular weight excluding hydrogens is 512 g/mol. The molecule has 0 bridgehead atoms. The molecule has 2 rings (SSSR count). The molecule has 6 nitrogen and oxygen atoms in total. The number of imide groups is 1. The first-order valence-electron chi connectivity index (χ1n) is 16.6. The third-order valence-corrected chi connectivity index (χ3v) is 8.21. The lowest BCUT2D eigenvalue weighted by molar-refractivity contribution is -0.158. The van der Waals surface area contributed by atoms with Crippen LogP contribution in [0.3, 0.4) is 0 Å². The second-order valence-corrected chi connectivity index (χ2v) is 11.7. The largest absolute Gasteiger partial charge is 0.480 e. The van der Waals surface area contributed by atoms with Crippen molar-refractivity contribution in [2.45, 2.75) is 155 Å². The zero-order valence-electron chi connectivity index (χ0n) is 25.9. The fourth-order valence-corrected chi connectivity index (χ4v) is 5.70. The molecule has 6 heteroatoms. The molecule has 1 atom stereocenters. The molecular formula is C35H56N2O4. The van der Waals surface area contributed by atoms with Crippen LogP contribution in [0.4, 0.5) is 0 Å². The number of rotatable bonds is 24. The third kappa shape index (κ3) is 13.3. The number of amides is 2. The molecule has 1 aromatic carbocycles. The summed E-state index contributed by atoms with van der Waals surface area (Å²) in [5.74, 6) is -1.82. The number of aromatic amines is 1. The number of nitrogens with zero attached hydrogens (tertiary/aromatic N) is 1. The Hall–Kier alpha value is -2.63. The van der Waals surface area contributed by atoms with Gasteiger partial charge in [-0.05, 0) is 24.5 Å². The van der Waals surface area contributed by atoms with Crippen molar-refractivity contribution >= 4 is 28.7 Å². The van der Waals surface area contributed by atoms with Gasteiger partial charge >= 0.3 is 5.97 Å². The maximum absolute atomic E-state index is 13.4. The van der Waals surface area contributed by atoms with Crippen LogP contribution in [-0.2, 0) is 20.8 Å². The molecule has 0 fully saturated rings. The summed E-state index contributed by atoms with van der Waals surface area (Å²) >= 11 is 0. The molecule has 0 aliphatic carbocycles. The van der Waals surface area contributed by atoms with Crippen molar-refractivity contribution in [3.8, 4) is 0 Å². The number of carboxylic acid groups (broad SMARTS) is 1. The number of carboxylic acids is 1. The third-order valence-electron chi connectivity index (χ3n) is 8.21. The lowest BCUT2D eigenvalue weighted by atomic mass is 10.0. The average molecular weight is 569 g/mol. The van der Waals surface area contributed by atoms with E-state index in [9.17, 15) is 19.5 Å². The normalized spacial score (nSPS) is 12.0. The standard InChI is InChI=1S/C35H56N2O4/c1-3-5-7-9-11-13-15-17-19-25-33(38)37(34(39)26-20-18-16-14-12-10-8-6-4-2)32(35(40)41)27-29-28-36-31-24-22-21-23-30(29)31/h21-24,28,32,36H,3-20,25-27H2,1-2H3,(H,40,41)/t32-/m0/s1. The first-order chi connectivity index (χ1) is 20.0. The van der Waals surface area contributed by atoms with E-state index in [1.807, 2.05) is 24.3 Å². The van der Waals surface area contributed by atoms with Gasteiger partial charge in [0.05, 0.1) is 0 Å². The van der Waals surface area contributed by atoms with Crippen molar-refractivity contribution in [3.63, 3.8) is 0 Å². The number of hydrogen-bond donors (Lipinski definition) is 2. The molecule has 0 radical (unpaired) electrons. The number of H-pyrrole nitrogens is 1. The first kappa shape index (κ1) is 34.6. The van der Waals surface area contributed by atoms with Gasteiger partial charge < -0.3 is 10.1 Å². The summed E-state index contributed by atoms with van der Waals surface area (Å²) in [7, 11) is 0. The second-order valence-electron chi connectivity index (χ2n) is 11.7. The predicted octanol–water partition coefficient (Wildman–Crippen LogP) is 9.36. The maximum Gasteiger partial charge on any atom is 0.327 e. The zero-order chi connectivity index (χ0) is 29.7. The van der Waals surface area contributed by atoms with Crippen molar-refractivity contribution in [3.05, 3.63) is 36.0 Å². The number of carbonyl (C=O) groups excluding carboxylic acids is 2. The summed E-state index contributed by atoms with van der Waals surface area (Å²) in [6.45, 7) is 4.44. The molecule has 0 saturated heterocycles. The Morgan fingerprint density at radius 3 is 1.59 bits per heavy atom. The van der Waals surface area contributed by atoms with Crippen LogP contribution in [0.5, 0.6) is 0 Å². The first-order valence-corrected chi connectivity index (χ1v) is 16.6. The Morgan fingerprint density at radius 1 is 0.683 bits per heavy atom. The van der Waals surface area contributed by atoms with E-state index in [-0.39, 0.29) is 31.1 Å². The van der Waals surface area contributed by atoms with E-state index in [0.29, 0.717) is 12.8 Å². The maximum atomic E-state index is 13.4. The summed E-state index contributed by atoms with van der Waals surface area (Å²) in [4.78, 5) is 43.6. The lowest BCUT2D eigenvalue weighted by Gasteiger charge is -2.27. The highest BCUT2D eigenvalue weighted by Gasteiger charge is 2.34. The second kappa shape index (κ2) is 21.1. The highest BCUT2D eigenvalue weighted by Crippen LogP contribution is 2.23. The number of fused-ring (bicyclic) bond motifs is 1. The van der Waals surface area contributed by atoms with Crippen molar-refractivity contribution in [2.75, 3.05) is 0 Å². The van der Waals surface area contributed by atoms with E-state index in [0.717, 1.165) is 59.9 Å². The van der Waals surface area contributed by atoms with Crippen molar-refractivity contribution in [1.29, 1.82) is 0 Å². The van der Waals surface area contributed by atoms with Crippen LogP contribution in [0, 0.1) is 0 Å². The fourth-order valence-electron chi connectivity index (χ4n) is 5.70. The molecule has 0 aliphatic heterocycles. The van der Waals surface area contributed by atoms with E-state index in [1.54, 1.807) is 6.20 Å². The minimum absolute atomic E-state index is 0.104. The van der Waals surface area contributed by atoms with Gasteiger partial charge in [0.1, 0.15) is 6.04 Å². The van der Waals surface area contributed by atoms with Gasteiger partial charge in [0, 0.05) is 36.4 Å². The monoisotopic (exact) mass is 568 g/mol. The van der Waals surface area contributed by atoms with Crippen LogP contribution < -0.4 is 0 Å². The van der Waals surface area contributed by atoms with Gasteiger partial charge in [-0.3, -0.25) is 14.5 Å². The Labute approximate surface area is 248 Å². The summed E-state index contributed by atoms with van der Waals surface area (Å²) in [5.41, 5.74) is 1.73. The van der Waals surface area contributed by atoms with Gasteiger partial charge in [0.25, 0.3) is 0 Å². The predicted molar refractivity (Wildman–Crippen MR) is 169 cm³/mol. The smallest absolute Gasteiger partial charge is 0.327 e. The molecule has 1 heterocycles. The number of hydrogen-bond acceptors (Lipinski definition) is 3. The number of aromatic nitrogens is 1. The zero-order valence-corrected chi connectivity index (χ0v) is 25.9. The topological polar surface area (TPSA) is 90.5 Å². The summed E-state index contributed by atoms with van der Waals surface area (Å²) in [6.07, 6.45) is 22.7. The van der Waals surface area contributed by atoms with Gasteiger partial charge in [-0.2, -0.15) is 0 Å². The molecule has 0 aliphatic rings. The van der Waals surface area contributed by atoms with E-state index in [2.05, 4.69) is 18.8 Å². The molecule has 1 aromatic heterocycles. The van der Waals surface area contributed by atoms with Crippen LogP contribution in [-0.4, -0.2) is 38.8 Å². The summed E-state index contributed by atoms with van der Waals surface area (Å²) < 4.78 is 0. The summed E-state index contributed by atoms with van der Waals surface area (Å²) in [6, 6.07) is 6.52. The molecule has 0 saturated carbocycles. The van der Waals surface area contributed by atoms with Crippen LogP contribution in [0.1, 0.15) is 148 Å². The molecule has 2 N–H and O–H groups in total. The Morgan fingerprint density at radius 2 is 1.12 bits per heavy atom. The molecule has 41 heavy (non-hydrogen) atoms. The average Bonchev–Trinajstić information content (AvgIpc) is 3.37. The van der Waals surface area contributed by atoms with Crippen LogP contribution in [0.25, 0.3) is 10.9 Å². The van der Waals surface area contributed by atoms with E-state index in [4.69, 9.17) is 0 Å². The molecule has 230 valence electrons. The quantitative estimate of drug-likeness (QED) is 0.123. The number of para-hydroxylation sites is 1. The van der Waals surface area contributed by atoms with Crippen molar-refractivity contribution < 1.29 is 19.5 Å².